The highest BCUT2D eigenvalue weighted by Gasteiger charge is 2.34. The van der Waals surface area contributed by atoms with Gasteiger partial charge >= 0.3 is 0 Å². The minimum atomic E-state index is -0.497. The van der Waals surface area contributed by atoms with E-state index in [4.69, 9.17) is 0 Å². The smallest absolute Gasteiger partial charge is 0.269 e. The zero-order valence-corrected chi connectivity index (χ0v) is 19.5. The van der Waals surface area contributed by atoms with Gasteiger partial charge in [-0.1, -0.05) is 12.7 Å². The van der Waals surface area contributed by atoms with Gasteiger partial charge in [0, 0.05) is 50.5 Å². The fourth-order valence-corrected chi connectivity index (χ4v) is 5.04. The number of nitrogens with one attached hydrogen (secondary N) is 2. The fourth-order valence-electron chi connectivity index (χ4n) is 5.04. The van der Waals surface area contributed by atoms with Crippen LogP contribution in [-0.2, 0) is 0 Å². The number of carbonyl (C=O) groups is 1. The number of allylic oxidation sites excluding steroid dienone is 1. The molecule has 0 spiro atoms. The van der Waals surface area contributed by atoms with Crippen molar-refractivity contribution in [2.75, 3.05) is 38.1 Å². The number of likely N-dealkylation sites (tertiary alicyclic amines) is 1. The zero-order chi connectivity index (χ0) is 23.5. The molecular formula is C25H33FN6O. The minimum absolute atomic E-state index is 0.170. The van der Waals surface area contributed by atoms with Crippen LogP contribution in [0.2, 0.25) is 0 Å². The van der Waals surface area contributed by atoms with Crippen LogP contribution in [0, 0.1) is 5.92 Å². The van der Waals surface area contributed by atoms with Gasteiger partial charge in [-0.05, 0) is 51.4 Å². The van der Waals surface area contributed by atoms with Gasteiger partial charge in [-0.3, -0.25) is 14.6 Å². The first-order valence-electron chi connectivity index (χ1n) is 11.6. The molecule has 33 heavy (non-hydrogen) atoms. The number of aromatic nitrogens is 1. The second-order valence-electron chi connectivity index (χ2n) is 8.79. The molecule has 1 unspecified atom stereocenters. The molecule has 1 aromatic heterocycles. The van der Waals surface area contributed by atoms with E-state index < -0.39 is 5.95 Å². The third-order valence-electron chi connectivity index (χ3n) is 6.88. The van der Waals surface area contributed by atoms with E-state index in [9.17, 15) is 9.18 Å². The number of amides is 1. The van der Waals surface area contributed by atoms with Crippen LogP contribution >= 0.6 is 0 Å². The number of carbonyl (C=O) groups excluding carboxylic acids is 1. The highest BCUT2D eigenvalue weighted by molar-refractivity contribution is 5.92. The minimum Gasteiger partial charge on any atom is -0.370 e. The summed E-state index contributed by atoms with van der Waals surface area (Å²) < 4.78 is 14.0. The van der Waals surface area contributed by atoms with Crippen molar-refractivity contribution in [2.24, 2.45) is 5.92 Å². The van der Waals surface area contributed by atoms with Gasteiger partial charge in [0.15, 0.2) is 5.95 Å². The molecule has 4 heterocycles. The first-order chi connectivity index (χ1) is 15.9. The Morgan fingerprint density at radius 3 is 2.64 bits per heavy atom. The van der Waals surface area contributed by atoms with E-state index in [1.807, 2.05) is 25.3 Å². The van der Waals surface area contributed by atoms with Crippen molar-refractivity contribution >= 4 is 11.6 Å². The largest absolute Gasteiger partial charge is 0.370 e. The molecule has 1 aromatic rings. The Bertz CT molecular complexity index is 977. The highest BCUT2D eigenvalue weighted by atomic mass is 19.1. The molecule has 2 N–H and O–H groups in total. The number of nitrogens with zero attached hydrogens (tertiary/aromatic N) is 4. The summed E-state index contributed by atoms with van der Waals surface area (Å²) >= 11 is 0. The van der Waals surface area contributed by atoms with Crippen molar-refractivity contribution in [3.8, 4) is 0 Å². The number of hydrogen-bond donors (Lipinski definition) is 2. The summed E-state index contributed by atoms with van der Waals surface area (Å²) in [6.07, 6.45) is 8.66. The third-order valence-corrected chi connectivity index (χ3v) is 6.88. The number of halogens is 1. The number of piperidine rings is 1. The molecule has 1 amide bonds. The molecule has 0 bridgehead atoms. The maximum atomic E-state index is 14.0. The van der Waals surface area contributed by atoms with Crippen LogP contribution in [-0.4, -0.2) is 60.0 Å². The maximum Gasteiger partial charge on any atom is 0.269 e. The quantitative estimate of drug-likeness (QED) is 0.669. The van der Waals surface area contributed by atoms with Gasteiger partial charge in [-0.15, -0.1) is 0 Å². The van der Waals surface area contributed by atoms with Crippen LogP contribution < -0.4 is 15.5 Å². The second kappa shape index (κ2) is 9.79. The molecule has 8 heteroatoms. The van der Waals surface area contributed by atoms with Gasteiger partial charge < -0.3 is 15.5 Å². The summed E-state index contributed by atoms with van der Waals surface area (Å²) in [5.74, 6) is -0.347. The molecule has 2 saturated heterocycles. The van der Waals surface area contributed by atoms with Gasteiger partial charge in [0.05, 0.1) is 23.3 Å². The van der Waals surface area contributed by atoms with E-state index in [0.29, 0.717) is 29.0 Å². The summed E-state index contributed by atoms with van der Waals surface area (Å²) in [7, 11) is 1.61. The van der Waals surface area contributed by atoms with Gasteiger partial charge in [0.2, 0.25) is 0 Å². The average molecular weight is 453 g/mol. The molecule has 4 rings (SSSR count). The van der Waals surface area contributed by atoms with Crippen LogP contribution in [0.25, 0.3) is 0 Å². The van der Waals surface area contributed by atoms with E-state index in [2.05, 4.69) is 38.6 Å². The SMILES string of the molecule is C=C1NC(C2CCN(C3CCN(c4ccc(C(=O)NC)nc4)CC3)C2)=CN(C(=C)F)/C1=C\C. The van der Waals surface area contributed by atoms with Crippen LogP contribution in [0.4, 0.5) is 10.1 Å². The van der Waals surface area contributed by atoms with Crippen LogP contribution in [0.5, 0.6) is 0 Å². The van der Waals surface area contributed by atoms with Gasteiger partial charge in [-0.2, -0.15) is 4.39 Å². The van der Waals surface area contributed by atoms with E-state index in [-0.39, 0.29) is 5.91 Å². The first kappa shape index (κ1) is 23.0. The monoisotopic (exact) mass is 452 g/mol. The maximum absolute atomic E-state index is 14.0. The lowest BCUT2D eigenvalue weighted by atomic mass is 10.0. The van der Waals surface area contributed by atoms with Gasteiger partial charge in [0.25, 0.3) is 5.91 Å². The predicted octanol–water partition coefficient (Wildman–Crippen LogP) is 3.34. The lowest BCUT2D eigenvalue weighted by Gasteiger charge is -2.38. The zero-order valence-electron chi connectivity index (χ0n) is 19.5. The third kappa shape index (κ3) is 4.80. The molecule has 0 aliphatic carbocycles. The molecule has 2 fully saturated rings. The van der Waals surface area contributed by atoms with Crippen LogP contribution in [0.1, 0.15) is 36.7 Å². The lowest BCUT2D eigenvalue weighted by molar-refractivity contribution is 0.0958. The first-order valence-corrected chi connectivity index (χ1v) is 11.6. The average Bonchev–Trinajstić information content (AvgIpc) is 3.33. The van der Waals surface area contributed by atoms with E-state index >= 15 is 0 Å². The normalized spacial score (nSPS) is 23.5. The molecule has 176 valence electrons. The summed E-state index contributed by atoms with van der Waals surface area (Å²) in [5, 5.41) is 5.99. The molecular weight excluding hydrogens is 419 g/mol. The fraction of sp³-hybridized carbons (Fsp3) is 0.440. The number of pyridine rings is 1. The van der Waals surface area contributed by atoms with E-state index in [1.165, 1.54) is 4.90 Å². The lowest BCUT2D eigenvalue weighted by Crippen LogP contribution is -2.44. The van der Waals surface area contributed by atoms with Crippen LogP contribution in [0.15, 0.2) is 66.8 Å². The second-order valence-corrected chi connectivity index (χ2v) is 8.79. The summed E-state index contributed by atoms with van der Waals surface area (Å²) in [4.78, 5) is 22.4. The van der Waals surface area contributed by atoms with E-state index in [1.54, 1.807) is 19.3 Å². The molecule has 7 nitrogen and oxygen atoms in total. The number of hydrogen-bond acceptors (Lipinski definition) is 6. The van der Waals surface area contributed by atoms with Gasteiger partial charge in [0.1, 0.15) is 5.69 Å². The van der Waals surface area contributed by atoms with Crippen molar-refractivity contribution in [3.05, 3.63) is 72.5 Å². The van der Waals surface area contributed by atoms with Crippen molar-refractivity contribution in [2.45, 2.75) is 32.2 Å². The van der Waals surface area contributed by atoms with Crippen molar-refractivity contribution < 1.29 is 9.18 Å². The molecule has 3 aliphatic heterocycles. The topological polar surface area (TPSA) is 63.7 Å². The Balaban J connectivity index is 1.34. The molecule has 1 atom stereocenters. The van der Waals surface area contributed by atoms with Gasteiger partial charge in [-0.25, -0.2) is 4.98 Å². The molecule has 0 radical (unpaired) electrons. The predicted molar refractivity (Wildman–Crippen MR) is 129 cm³/mol. The van der Waals surface area contributed by atoms with Crippen molar-refractivity contribution in [1.82, 2.24) is 25.4 Å². The van der Waals surface area contributed by atoms with Crippen molar-refractivity contribution in [3.63, 3.8) is 0 Å². The summed E-state index contributed by atoms with van der Waals surface area (Å²) in [6.45, 7) is 13.3. The van der Waals surface area contributed by atoms with E-state index in [0.717, 1.165) is 56.8 Å². The highest BCUT2D eigenvalue weighted by Crippen LogP contribution is 2.33. The number of anilines is 1. The molecule has 3 aliphatic rings. The Hall–Kier alpha value is -3.13. The number of rotatable bonds is 5. The summed E-state index contributed by atoms with van der Waals surface area (Å²) in [6, 6.07) is 4.29. The summed E-state index contributed by atoms with van der Waals surface area (Å²) in [5.41, 5.74) is 3.90. The Labute approximate surface area is 195 Å². The Morgan fingerprint density at radius 2 is 2.03 bits per heavy atom. The van der Waals surface area contributed by atoms with Crippen molar-refractivity contribution in [1.29, 1.82) is 0 Å². The molecule has 0 aromatic carbocycles. The molecule has 0 saturated carbocycles. The Morgan fingerprint density at radius 1 is 1.27 bits per heavy atom. The Kier molecular flexibility index (Phi) is 6.83. The van der Waals surface area contributed by atoms with Crippen LogP contribution in [0.3, 0.4) is 0 Å². The standard InChI is InChI=1S/C25H33FN6O/c1-5-24-17(2)29-23(16-32(24)18(3)26)19-8-11-31(15-19)20-9-12-30(13-10-20)21-6-7-22(28-14-21)25(33)27-4/h5-7,14,16,19-20,29H,2-3,8-13,15H2,1,4H3,(H,27,33)/b24-5-.